The third-order valence-corrected chi connectivity index (χ3v) is 8.18. The van der Waals surface area contributed by atoms with Crippen LogP contribution in [0.1, 0.15) is 46.0 Å². The van der Waals surface area contributed by atoms with E-state index >= 15 is 0 Å². The van der Waals surface area contributed by atoms with Crippen molar-refractivity contribution in [3.05, 3.63) is 24.3 Å². The van der Waals surface area contributed by atoms with Crippen molar-refractivity contribution in [1.29, 1.82) is 0 Å². The van der Waals surface area contributed by atoms with Gasteiger partial charge in [-0.1, -0.05) is 18.6 Å². The van der Waals surface area contributed by atoms with Crippen LogP contribution in [-0.4, -0.2) is 29.6 Å². The Morgan fingerprint density at radius 3 is 2.79 bits per heavy atom. The number of carbonyl (C=O) groups excluding carboxylic acids is 1. The molecule has 1 spiro atoms. The molecule has 2 saturated carbocycles. The first-order valence-electron chi connectivity index (χ1n) is 9.20. The predicted molar refractivity (Wildman–Crippen MR) is 87.8 cm³/mol. The number of hydrogen-bond acceptors (Lipinski definition) is 4. The normalized spacial score (nSPS) is 57.7. The predicted octanol–water partition coefficient (Wildman–Crippen LogP) is 2.97. The van der Waals surface area contributed by atoms with Crippen LogP contribution in [0.2, 0.25) is 0 Å². The van der Waals surface area contributed by atoms with Crippen LogP contribution in [0.4, 0.5) is 0 Å². The molecule has 4 nitrogen and oxygen atoms in total. The van der Waals surface area contributed by atoms with Crippen molar-refractivity contribution in [2.45, 2.75) is 57.8 Å². The molecule has 3 aliphatic heterocycles. The van der Waals surface area contributed by atoms with Crippen LogP contribution in [0, 0.1) is 28.1 Å². The van der Waals surface area contributed by atoms with Crippen molar-refractivity contribution in [3.8, 4) is 0 Å². The van der Waals surface area contributed by atoms with Gasteiger partial charge in [-0.05, 0) is 50.0 Å². The van der Waals surface area contributed by atoms with Crippen molar-refractivity contribution in [3.63, 3.8) is 0 Å². The highest BCUT2D eigenvalue weighted by molar-refractivity contribution is 5.82. The van der Waals surface area contributed by atoms with Crippen molar-refractivity contribution in [2.24, 2.45) is 28.1 Å². The monoisotopic (exact) mass is 330 g/mol. The second-order valence-corrected chi connectivity index (χ2v) is 9.22. The second kappa shape index (κ2) is 4.16. The molecule has 5 fully saturated rings. The van der Waals surface area contributed by atoms with Gasteiger partial charge in [0.05, 0.1) is 6.61 Å². The Kier molecular flexibility index (Phi) is 2.62. The molecule has 6 rings (SSSR count). The summed E-state index contributed by atoms with van der Waals surface area (Å²) < 4.78 is 11.8. The van der Waals surface area contributed by atoms with Crippen molar-refractivity contribution in [1.82, 2.24) is 0 Å². The molecule has 3 heterocycles. The van der Waals surface area contributed by atoms with Crippen molar-refractivity contribution in [2.75, 3.05) is 6.61 Å². The fraction of sp³-hybridized carbons (Fsp3) is 0.750. The molecule has 0 radical (unpaired) electrons. The molecule has 130 valence electrons. The van der Waals surface area contributed by atoms with Gasteiger partial charge in [0, 0.05) is 17.8 Å². The summed E-state index contributed by atoms with van der Waals surface area (Å²) in [7, 11) is 0. The SMILES string of the molecule is C=C[C@]1(C)CC[C@@H]2C(=C[C@@H]3OC(=O)[C@]4(C)[C@H]3[C@]23CC[C@]4(O)OC3)C1. The van der Waals surface area contributed by atoms with Crippen LogP contribution >= 0.6 is 0 Å². The highest BCUT2D eigenvalue weighted by Gasteiger charge is 2.78. The first kappa shape index (κ1) is 15.2. The van der Waals surface area contributed by atoms with Crippen LogP contribution in [0.15, 0.2) is 24.3 Å². The molecule has 2 bridgehead atoms. The molecular weight excluding hydrogens is 304 g/mol. The van der Waals surface area contributed by atoms with Gasteiger partial charge in [-0.3, -0.25) is 4.79 Å². The van der Waals surface area contributed by atoms with E-state index in [4.69, 9.17) is 9.47 Å². The van der Waals surface area contributed by atoms with E-state index in [0.29, 0.717) is 18.9 Å². The summed E-state index contributed by atoms with van der Waals surface area (Å²) in [6, 6.07) is 0. The molecule has 0 aromatic heterocycles. The van der Waals surface area contributed by atoms with Crippen LogP contribution in [-0.2, 0) is 14.3 Å². The van der Waals surface area contributed by atoms with Gasteiger partial charge >= 0.3 is 5.97 Å². The standard InChI is InChI=1S/C20H26O4/c1-4-17(2)6-5-13-12(10-17)9-14-15-18(3,16(21)24-14)20(22)8-7-19(13,15)11-23-20/h4,9,13-15,22H,1,5-8,10-11H2,2-3H3/t13-,14+,15+,17-,18+,19+,20+/m1/s1. The Bertz CT molecular complexity index is 671. The van der Waals surface area contributed by atoms with Gasteiger partial charge in [-0.2, -0.15) is 0 Å². The minimum atomic E-state index is -1.36. The number of ether oxygens (including phenoxy) is 2. The third-order valence-electron chi connectivity index (χ3n) is 8.18. The lowest BCUT2D eigenvalue weighted by Gasteiger charge is -2.65. The van der Waals surface area contributed by atoms with Crippen LogP contribution in [0.25, 0.3) is 0 Å². The average molecular weight is 330 g/mol. The van der Waals surface area contributed by atoms with Crippen LogP contribution in [0.5, 0.6) is 0 Å². The maximum absolute atomic E-state index is 12.7. The number of hydrogen-bond donors (Lipinski definition) is 1. The highest BCUT2D eigenvalue weighted by atomic mass is 16.6. The number of carbonyl (C=O) groups is 1. The molecular formula is C20H26O4. The molecule has 1 N–H and O–H groups in total. The summed E-state index contributed by atoms with van der Waals surface area (Å²) in [5.41, 5.74) is 0.540. The zero-order valence-corrected chi connectivity index (χ0v) is 14.5. The van der Waals surface area contributed by atoms with Gasteiger partial charge in [0.2, 0.25) is 0 Å². The molecule has 7 atom stereocenters. The highest BCUT2D eigenvalue weighted by Crippen LogP contribution is 2.71. The van der Waals surface area contributed by atoms with E-state index in [-0.39, 0.29) is 28.8 Å². The molecule has 0 amide bonds. The third kappa shape index (κ3) is 1.43. The van der Waals surface area contributed by atoms with Gasteiger partial charge in [-0.25, -0.2) is 0 Å². The topological polar surface area (TPSA) is 55.8 Å². The Labute approximate surface area is 142 Å². The minimum absolute atomic E-state index is 0.0341. The van der Waals surface area contributed by atoms with E-state index < -0.39 is 11.2 Å². The Morgan fingerprint density at radius 2 is 2.12 bits per heavy atom. The molecule has 0 aromatic carbocycles. The quantitative estimate of drug-likeness (QED) is 0.593. The molecule has 0 unspecified atom stereocenters. The second-order valence-electron chi connectivity index (χ2n) is 9.22. The maximum atomic E-state index is 12.7. The molecule has 3 aliphatic carbocycles. The largest absolute Gasteiger partial charge is 0.457 e. The summed E-state index contributed by atoms with van der Waals surface area (Å²) >= 11 is 0. The minimum Gasteiger partial charge on any atom is -0.457 e. The van der Waals surface area contributed by atoms with Crippen LogP contribution < -0.4 is 0 Å². The van der Waals surface area contributed by atoms with E-state index in [1.807, 2.05) is 6.92 Å². The lowest BCUT2D eigenvalue weighted by atomic mass is 9.42. The number of fused-ring (bicyclic) bond motifs is 3. The average Bonchev–Trinajstić information content (AvgIpc) is 2.83. The summed E-state index contributed by atoms with van der Waals surface area (Å²) in [5, 5.41) is 11.0. The van der Waals surface area contributed by atoms with Crippen molar-refractivity contribution < 1.29 is 19.4 Å². The first-order chi connectivity index (χ1) is 11.3. The smallest absolute Gasteiger partial charge is 0.318 e. The van der Waals surface area contributed by atoms with E-state index in [0.717, 1.165) is 25.7 Å². The molecule has 24 heavy (non-hydrogen) atoms. The zero-order valence-electron chi connectivity index (χ0n) is 14.5. The number of allylic oxidation sites excluding steroid dienone is 2. The fourth-order valence-corrected chi connectivity index (χ4v) is 6.71. The molecule has 6 aliphatic rings. The van der Waals surface area contributed by atoms with Gasteiger partial charge in [0.25, 0.3) is 0 Å². The van der Waals surface area contributed by atoms with Gasteiger partial charge < -0.3 is 14.6 Å². The fourth-order valence-electron chi connectivity index (χ4n) is 6.71. The van der Waals surface area contributed by atoms with Crippen LogP contribution in [0.3, 0.4) is 0 Å². The lowest BCUT2D eigenvalue weighted by Crippen LogP contribution is -2.71. The van der Waals surface area contributed by atoms with E-state index in [1.54, 1.807) is 0 Å². The Hall–Kier alpha value is -1.13. The summed E-state index contributed by atoms with van der Waals surface area (Å²) in [4.78, 5) is 12.7. The Balaban J connectivity index is 1.67. The summed E-state index contributed by atoms with van der Waals surface area (Å²) in [5.74, 6) is -1.18. The van der Waals surface area contributed by atoms with E-state index in [9.17, 15) is 9.90 Å². The van der Waals surface area contributed by atoms with E-state index in [1.165, 1.54) is 5.57 Å². The van der Waals surface area contributed by atoms with E-state index in [2.05, 4.69) is 25.7 Å². The van der Waals surface area contributed by atoms with Gasteiger partial charge in [0.1, 0.15) is 11.5 Å². The molecule has 0 aromatic rings. The summed E-state index contributed by atoms with van der Waals surface area (Å²) in [6.07, 6.45) is 8.73. The van der Waals surface area contributed by atoms with Gasteiger partial charge in [0.15, 0.2) is 5.79 Å². The Morgan fingerprint density at radius 1 is 1.33 bits per heavy atom. The van der Waals surface area contributed by atoms with Crippen molar-refractivity contribution >= 4 is 5.97 Å². The zero-order chi connectivity index (χ0) is 17.0. The van der Waals surface area contributed by atoms with Gasteiger partial charge in [-0.15, -0.1) is 6.58 Å². The first-order valence-corrected chi connectivity index (χ1v) is 9.20. The number of aliphatic hydroxyl groups is 1. The summed E-state index contributed by atoms with van der Waals surface area (Å²) in [6.45, 7) is 8.71. The molecule has 4 heteroatoms. The maximum Gasteiger partial charge on any atom is 0.318 e. The number of esters is 1. The number of rotatable bonds is 1. The molecule has 3 saturated heterocycles. The lowest BCUT2D eigenvalue weighted by molar-refractivity contribution is -0.367.